The maximum atomic E-state index is 12.4. The molecule has 7 heteroatoms. The van der Waals surface area contributed by atoms with Gasteiger partial charge in [-0.3, -0.25) is 4.68 Å². The number of aromatic nitrogens is 3. The molecule has 1 heterocycles. The van der Waals surface area contributed by atoms with Crippen molar-refractivity contribution in [2.75, 3.05) is 0 Å². The first kappa shape index (κ1) is 15.4. The van der Waals surface area contributed by atoms with Gasteiger partial charge in [-0.25, -0.2) is 4.98 Å². The topological polar surface area (TPSA) is 60.2 Å². The quantitative estimate of drug-likeness (QED) is 0.853. The zero-order chi connectivity index (χ0) is 15.2. The standard InChI is InChI=1S/C14H17F2N3O2/c1-2-7-19-13(17-9-18-19)8-11(20)10-5-3-4-6-12(10)21-14(15)16/h3-6,9,11,14,20H,2,7-8H2,1H3. The van der Waals surface area contributed by atoms with Gasteiger partial charge < -0.3 is 9.84 Å². The van der Waals surface area contributed by atoms with Gasteiger partial charge in [-0.1, -0.05) is 25.1 Å². The smallest absolute Gasteiger partial charge is 0.387 e. The molecule has 1 aromatic carbocycles. The molecule has 1 N–H and O–H groups in total. The Morgan fingerprint density at radius 2 is 2.10 bits per heavy atom. The minimum Gasteiger partial charge on any atom is -0.434 e. The third-order valence-corrected chi connectivity index (χ3v) is 3.00. The van der Waals surface area contributed by atoms with Gasteiger partial charge in [-0.15, -0.1) is 0 Å². The molecular formula is C14H17F2N3O2. The Bertz CT molecular complexity index is 575. The van der Waals surface area contributed by atoms with Gasteiger partial charge in [-0.2, -0.15) is 13.9 Å². The van der Waals surface area contributed by atoms with E-state index in [0.29, 0.717) is 17.9 Å². The highest BCUT2D eigenvalue weighted by atomic mass is 19.3. The van der Waals surface area contributed by atoms with Crippen LogP contribution in [0.3, 0.4) is 0 Å². The number of rotatable bonds is 7. The number of nitrogens with zero attached hydrogens (tertiary/aromatic N) is 3. The molecule has 1 unspecified atom stereocenters. The maximum Gasteiger partial charge on any atom is 0.387 e. The van der Waals surface area contributed by atoms with Crippen molar-refractivity contribution in [2.45, 2.75) is 39.0 Å². The Morgan fingerprint density at radius 3 is 2.81 bits per heavy atom. The van der Waals surface area contributed by atoms with E-state index in [2.05, 4.69) is 14.8 Å². The van der Waals surface area contributed by atoms with Crippen LogP contribution in [0.2, 0.25) is 0 Å². The van der Waals surface area contributed by atoms with E-state index < -0.39 is 12.7 Å². The summed E-state index contributed by atoms with van der Waals surface area (Å²) in [5.41, 5.74) is 0.309. The number of aliphatic hydroxyl groups is 1. The van der Waals surface area contributed by atoms with Crippen molar-refractivity contribution in [2.24, 2.45) is 0 Å². The van der Waals surface area contributed by atoms with Crippen molar-refractivity contribution < 1.29 is 18.6 Å². The Kier molecular flexibility index (Phi) is 5.21. The second-order valence-electron chi connectivity index (χ2n) is 4.54. The van der Waals surface area contributed by atoms with Gasteiger partial charge in [0.2, 0.25) is 0 Å². The van der Waals surface area contributed by atoms with E-state index in [4.69, 9.17) is 0 Å². The van der Waals surface area contributed by atoms with Crippen LogP contribution in [0.15, 0.2) is 30.6 Å². The second kappa shape index (κ2) is 7.12. The van der Waals surface area contributed by atoms with Gasteiger partial charge in [-0.05, 0) is 12.5 Å². The molecule has 1 atom stereocenters. The minimum absolute atomic E-state index is 0.0263. The molecular weight excluding hydrogens is 280 g/mol. The molecule has 1 aromatic heterocycles. The number of hydrogen-bond donors (Lipinski definition) is 1. The van der Waals surface area contributed by atoms with Gasteiger partial charge in [0, 0.05) is 18.5 Å². The molecule has 0 radical (unpaired) electrons. The monoisotopic (exact) mass is 297 g/mol. The van der Waals surface area contributed by atoms with Crippen LogP contribution >= 0.6 is 0 Å². The molecule has 0 spiro atoms. The lowest BCUT2D eigenvalue weighted by atomic mass is 10.1. The normalized spacial score (nSPS) is 12.6. The van der Waals surface area contributed by atoms with Gasteiger partial charge in [0.1, 0.15) is 17.9 Å². The highest BCUT2D eigenvalue weighted by Crippen LogP contribution is 2.28. The van der Waals surface area contributed by atoms with Gasteiger partial charge in [0.15, 0.2) is 0 Å². The summed E-state index contributed by atoms with van der Waals surface area (Å²) in [7, 11) is 0. The largest absolute Gasteiger partial charge is 0.434 e. The minimum atomic E-state index is -2.93. The first-order valence-electron chi connectivity index (χ1n) is 6.70. The highest BCUT2D eigenvalue weighted by Gasteiger charge is 2.18. The van der Waals surface area contributed by atoms with E-state index in [1.165, 1.54) is 12.4 Å². The number of para-hydroxylation sites is 1. The number of ether oxygens (including phenoxy) is 1. The van der Waals surface area contributed by atoms with Crippen LogP contribution < -0.4 is 4.74 Å². The predicted octanol–water partition coefficient (Wildman–Crippen LogP) is 2.57. The molecule has 0 aliphatic rings. The summed E-state index contributed by atoms with van der Waals surface area (Å²) in [6.07, 6.45) is 1.50. The fraction of sp³-hybridized carbons (Fsp3) is 0.429. The third kappa shape index (κ3) is 3.98. The Morgan fingerprint density at radius 1 is 1.33 bits per heavy atom. The molecule has 0 fully saturated rings. The molecule has 2 rings (SSSR count). The zero-order valence-corrected chi connectivity index (χ0v) is 11.6. The van der Waals surface area contributed by atoms with Crippen LogP contribution in [0.5, 0.6) is 5.75 Å². The number of aliphatic hydroxyl groups excluding tert-OH is 1. The molecule has 5 nitrogen and oxygen atoms in total. The highest BCUT2D eigenvalue weighted by molar-refractivity contribution is 5.35. The summed E-state index contributed by atoms with van der Waals surface area (Å²) in [4.78, 5) is 4.09. The van der Waals surface area contributed by atoms with Gasteiger partial charge in [0.05, 0.1) is 6.10 Å². The lowest BCUT2D eigenvalue weighted by molar-refractivity contribution is -0.0515. The van der Waals surface area contributed by atoms with Crippen molar-refractivity contribution in [3.8, 4) is 5.75 Å². The predicted molar refractivity (Wildman–Crippen MR) is 72.1 cm³/mol. The van der Waals surface area contributed by atoms with Crippen LogP contribution in [0.4, 0.5) is 8.78 Å². The Labute approximate surface area is 121 Å². The Hall–Kier alpha value is -2.02. The van der Waals surface area contributed by atoms with Crippen molar-refractivity contribution >= 4 is 0 Å². The molecule has 0 amide bonds. The summed E-state index contributed by atoms with van der Waals surface area (Å²) in [6.45, 7) is -0.229. The first-order valence-corrected chi connectivity index (χ1v) is 6.70. The van der Waals surface area contributed by atoms with Gasteiger partial charge >= 0.3 is 6.61 Å². The van der Waals surface area contributed by atoms with Crippen LogP contribution in [0, 0.1) is 0 Å². The van der Waals surface area contributed by atoms with Crippen LogP contribution in [0.1, 0.15) is 30.8 Å². The number of alkyl halides is 2. The van der Waals surface area contributed by atoms with E-state index in [1.54, 1.807) is 22.9 Å². The van der Waals surface area contributed by atoms with Gasteiger partial charge in [0.25, 0.3) is 0 Å². The fourth-order valence-corrected chi connectivity index (χ4v) is 2.09. The van der Waals surface area contributed by atoms with Crippen LogP contribution in [-0.2, 0) is 13.0 Å². The number of hydrogen-bond acceptors (Lipinski definition) is 4. The molecule has 0 aliphatic carbocycles. The molecule has 114 valence electrons. The summed E-state index contributed by atoms with van der Waals surface area (Å²) < 4.78 is 30.9. The third-order valence-electron chi connectivity index (χ3n) is 3.00. The molecule has 0 bridgehead atoms. The lowest BCUT2D eigenvalue weighted by Crippen LogP contribution is -2.12. The fourth-order valence-electron chi connectivity index (χ4n) is 2.09. The van der Waals surface area contributed by atoms with Crippen LogP contribution in [0.25, 0.3) is 0 Å². The average molecular weight is 297 g/mol. The van der Waals surface area contributed by atoms with E-state index in [9.17, 15) is 13.9 Å². The van der Waals surface area contributed by atoms with Crippen molar-refractivity contribution in [3.63, 3.8) is 0 Å². The summed E-state index contributed by atoms with van der Waals surface area (Å²) >= 11 is 0. The number of halogens is 2. The van der Waals surface area contributed by atoms with Crippen molar-refractivity contribution in [3.05, 3.63) is 42.0 Å². The molecule has 21 heavy (non-hydrogen) atoms. The summed E-state index contributed by atoms with van der Waals surface area (Å²) in [5.74, 6) is 0.581. The van der Waals surface area contributed by atoms with E-state index >= 15 is 0 Å². The number of aryl methyl sites for hydroxylation is 1. The SMILES string of the molecule is CCCn1ncnc1CC(O)c1ccccc1OC(F)F. The first-order chi connectivity index (χ1) is 10.1. The molecule has 0 saturated carbocycles. The second-order valence-corrected chi connectivity index (χ2v) is 4.54. The van der Waals surface area contributed by atoms with Crippen molar-refractivity contribution in [1.82, 2.24) is 14.8 Å². The molecule has 2 aromatic rings. The molecule has 0 aliphatic heterocycles. The molecule has 0 saturated heterocycles. The van der Waals surface area contributed by atoms with E-state index in [1.807, 2.05) is 6.92 Å². The van der Waals surface area contributed by atoms with E-state index in [-0.39, 0.29) is 12.2 Å². The summed E-state index contributed by atoms with van der Waals surface area (Å²) in [6, 6.07) is 6.20. The Balaban J connectivity index is 2.16. The average Bonchev–Trinajstić information content (AvgIpc) is 2.86. The number of benzene rings is 1. The summed E-state index contributed by atoms with van der Waals surface area (Å²) in [5, 5.41) is 14.3. The van der Waals surface area contributed by atoms with Crippen LogP contribution in [-0.4, -0.2) is 26.5 Å². The van der Waals surface area contributed by atoms with Crippen molar-refractivity contribution in [1.29, 1.82) is 0 Å². The zero-order valence-electron chi connectivity index (χ0n) is 11.6. The van der Waals surface area contributed by atoms with E-state index in [0.717, 1.165) is 6.42 Å². The maximum absolute atomic E-state index is 12.4. The lowest BCUT2D eigenvalue weighted by Gasteiger charge is -2.15.